The summed E-state index contributed by atoms with van der Waals surface area (Å²) in [5, 5.41) is 3.63. The molecule has 92 valence electrons. The van der Waals surface area contributed by atoms with Gasteiger partial charge in [0.2, 0.25) is 0 Å². The molecule has 0 atom stereocenters. The van der Waals surface area contributed by atoms with E-state index < -0.39 is 5.24 Å². The third-order valence-corrected chi connectivity index (χ3v) is 2.97. The van der Waals surface area contributed by atoms with E-state index in [4.69, 9.17) is 34.8 Å². The lowest BCUT2D eigenvalue weighted by Gasteiger charge is -2.10. The van der Waals surface area contributed by atoms with Crippen LogP contribution < -0.4 is 5.32 Å². The summed E-state index contributed by atoms with van der Waals surface area (Å²) in [6.07, 6.45) is 0. The lowest BCUT2D eigenvalue weighted by molar-refractivity contribution is 0.108. The first kappa shape index (κ1) is 13.2. The minimum Gasteiger partial charge on any atom is -0.355 e. The zero-order chi connectivity index (χ0) is 13.1. The largest absolute Gasteiger partial charge is 0.355 e. The van der Waals surface area contributed by atoms with Gasteiger partial charge in [0.1, 0.15) is 0 Å². The van der Waals surface area contributed by atoms with Gasteiger partial charge >= 0.3 is 0 Å². The highest BCUT2D eigenvalue weighted by Crippen LogP contribution is 2.27. The van der Waals surface area contributed by atoms with Gasteiger partial charge in [-0.1, -0.05) is 29.3 Å². The van der Waals surface area contributed by atoms with E-state index in [9.17, 15) is 4.79 Å². The smallest absolute Gasteiger partial charge is 0.254 e. The van der Waals surface area contributed by atoms with Crippen LogP contribution in [0.1, 0.15) is 10.4 Å². The van der Waals surface area contributed by atoms with Crippen LogP contribution in [0.25, 0.3) is 0 Å². The topological polar surface area (TPSA) is 29.1 Å². The zero-order valence-corrected chi connectivity index (χ0v) is 11.4. The Kier molecular flexibility index (Phi) is 4.12. The second kappa shape index (κ2) is 5.61. The van der Waals surface area contributed by atoms with Crippen LogP contribution in [-0.4, -0.2) is 5.24 Å². The first-order valence-electron chi connectivity index (χ1n) is 5.08. The van der Waals surface area contributed by atoms with Gasteiger partial charge in [-0.2, -0.15) is 0 Å². The van der Waals surface area contributed by atoms with Gasteiger partial charge < -0.3 is 5.32 Å². The molecule has 0 amide bonds. The molecule has 0 fully saturated rings. The van der Waals surface area contributed by atoms with Crippen LogP contribution >= 0.6 is 34.8 Å². The fraction of sp³-hybridized carbons (Fsp3) is 0. The molecule has 5 heteroatoms. The van der Waals surface area contributed by atoms with Gasteiger partial charge in [-0.05, 0) is 48.0 Å². The van der Waals surface area contributed by atoms with Crippen molar-refractivity contribution in [2.75, 3.05) is 5.32 Å². The molecule has 0 aliphatic carbocycles. The third-order valence-electron chi connectivity index (χ3n) is 2.30. The fourth-order valence-electron chi connectivity index (χ4n) is 1.51. The van der Waals surface area contributed by atoms with Crippen molar-refractivity contribution in [2.24, 2.45) is 0 Å². The second-order valence-electron chi connectivity index (χ2n) is 3.60. The standard InChI is InChI=1S/C13H8Cl3NO/c14-8-2-1-3-10(6-8)17-12-7-9(15)4-5-11(12)13(16)18/h1-7,17H. The third kappa shape index (κ3) is 3.16. The maximum atomic E-state index is 11.3. The Morgan fingerprint density at radius 3 is 2.39 bits per heavy atom. The molecule has 0 aliphatic heterocycles. The molecular formula is C13H8Cl3NO. The molecular weight excluding hydrogens is 293 g/mol. The van der Waals surface area contributed by atoms with Gasteiger partial charge in [0.05, 0.1) is 11.3 Å². The first-order chi connectivity index (χ1) is 8.56. The lowest BCUT2D eigenvalue weighted by atomic mass is 10.2. The van der Waals surface area contributed by atoms with E-state index in [-0.39, 0.29) is 0 Å². The Hall–Kier alpha value is -1.22. The van der Waals surface area contributed by atoms with Crippen molar-refractivity contribution in [3.05, 3.63) is 58.1 Å². The number of hydrogen-bond acceptors (Lipinski definition) is 2. The summed E-state index contributed by atoms with van der Waals surface area (Å²) in [5.74, 6) is 0. The summed E-state index contributed by atoms with van der Waals surface area (Å²) in [6, 6.07) is 12.0. The molecule has 0 unspecified atom stereocenters. The van der Waals surface area contributed by atoms with Crippen molar-refractivity contribution in [2.45, 2.75) is 0 Å². The van der Waals surface area contributed by atoms with E-state index in [0.29, 0.717) is 21.3 Å². The van der Waals surface area contributed by atoms with E-state index in [1.165, 1.54) is 0 Å². The Bertz CT molecular complexity index is 599. The van der Waals surface area contributed by atoms with Crippen molar-refractivity contribution in [3.8, 4) is 0 Å². The lowest BCUT2D eigenvalue weighted by Crippen LogP contribution is -1.98. The van der Waals surface area contributed by atoms with Gasteiger partial charge in [-0.15, -0.1) is 0 Å². The summed E-state index contributed by atoms with van der Waals surface area (Å²) in [5.41, 5.74) is 1.66. The first-order valence-corrected chi connectivity index (χ1v) is 6.21. The minimum absolute atomic E-state index is 0.362. The number of carbonyl (C=O) groups is 1. The van der Waals surface area contributed by atoms with Crippen molar-refractivity contribution in [3.63, 3.8) is 0 Å². The molecule has 2 rings (SSSR count). The van der Waals surface area contributed by atoms with E-state index in [2.05, 4.69) is 5.32 Å². The van der Waals surface area contributed by atoms with Crippen molar-refractivity contribution >= 4 is 51.4 Å². The summed E-state index contributed by atoms with van der Waals surface area (Å²) >= 11 is 17.3. The Morgan fingerprint density at radius 1 is 1.00 bits per heavy atom. The number of benzene rings is 2. The number of nitrogens with one attached hydrogen (secondary N) is 1. The van der Waals surface area contributed by atoms with Crippen LogP contribution in [0.15, 0.2) is 42.5 Å². The number of hydrogen-bond donors (Lipinski definition) is 1. The van der Waals surface area contributed by atoms with Crippen LogP contribution in [0.2, 0.25) is 10.0 Å². The molecule has 18 heavy (non-hydrogen) atoms. The van der Waals surface area contributed by atoms with Gasteiger partial charge in [0.25, 0.3) is 5.24 Å². The summed E-state index contributed by atoms with van der Waals surface area (Å²) < 4.78 is 0. The van der Waals surface area contributed by atoms with Gasteiger partial charge in [0.15, 0.2) is 0 Å². The van der Waals surface area contributed by atoms with E-state index >= 15 is 0 Å². The van der Waals surface area contributed by atoms with Gasteiger partial charge in [0, 0.05) is 15.7 Å². The van der Waals surface area contributed by atoms with Crippen molar-refractivity contribution in [1.29, 1.82) is 0 Å². The number of rotatable bonds is 3. The normalized spacial score (nSPS) is 10.2. The Morgan fingerprint density at radius 2 is 1.72 bits per heavy atom. The van der Waals surface area contributed by atoms with Crippen LogP contribution in [0, 0.1) is 0 Å². The van der Waals surface area contributed by atoms with Gasteiger partial charge in [-0.25, -0.2) is 0 Å². The number of anilines is 2. The molecule has 0 saturated heterocycles. The second-order valence-corrected chi connectivity index (χ2v) is 4.82. The molecule has 1 N–H and O–H groups in total. The molecule has 0 spiro atoms. The zero-order valence-electron chi connectivity index (χ0n) is 9.08. The highest BCUT2D eigenvalue weighted by molar-refractivity contribution is 6.68. The van der Waals surface area contributed by atoms with Crippen molar-refractivity contribution in [1.82, 2.24) is 0 Å². The number of halogens is 3. The molecule has 0 aromatic heterocycles. The monoisotopic (exact) mass is 299 g/mol. The summed E-state index contributed by atoms with van der Waals surface area (Å²) in [7, 11) is 0. The predicted molar refractivity (Wildman–Crippen MR) is 76.4 cm³/mol. The van der Waals surface area contributed by atoms with E-state index in [1.807, 2.05) is 6.07 Å². The van der Waals surface area contributed by atoms with Crippen LogP contribution in [0.3, 0.4) is 0 Å². The molecule has 0 radical (unpaired) electrons. The maximum Gasteiger partial charge on any atom is 0.254 e. The average Bonchev–Trinajstić information content (AvgIpc) is 2.28. The molecule has 0 saturated carbocycles. The maximum absolute atomic E-state index is 11.3. The van der Waals surface area contributed by atoms with Crippen LogP contribution in [0.5, 0.6) is 0 Å². The van der Waals surface area contributed by atoms with E-state index in [0.717, 1.165) is 5.69 Å². The molecule has 0 bridgehead atoms. The quantitative estimate of drug-likeness (QED) is 0.797. The minimum atomic E-state index is -0.545. The van der Waals surface area contributed by atoms with Crippen molar-refractivity contribution < 1.29 is 4.79 Å². The molecule has 0 aliphatic rings. The fourth-order valence-corrected chi connectivity index (χ4v) is 2.04. The average molecular weight is 301 g/mol. The SMILES string of the molecule is O=C(Cl)c1ccc(Cl)cc1Nc1cccc(Cl)c1. The van der Waals surface area contributed by atoms with Crippen LogP contribution in [-0.2, 0) is 0 Å². The Balaban J connectivity index is 2.39. The molecule has 2 aromatic rings. The highest BCUT2D eigenvalue weighted by atomic mass is 35.5. The summed E-state index contributed by atoms with van der Waals surface area (Å²) in [6.45, 7) is 0. The number of carbonyl (C=O) groups excluding carboxylic acids is 1. The predicted octanol–water partition coefficient (Wildman–Crippen LogP) is 5.12. The summed E-state index contributed by atoms with van der Waals surface area (Å²) in [4.78, 5) is 11.3. The van der Waals surface area contributed by atoms with Crippen LogP contribution in [0.4, 0.5) is 11.4 Å². The molecule has 2 nitrogen and oxygen atoms in total. The Labute approximate surface area is 119 Å². The molecule has 0 heterocycles. The molecule has 2 aromatic carbocycles. The van der Waals surface area contributed by atoms with E-state index in [1.54, 1.807) is 36.4 Å². The highest BCUT2D eigenvalue weighted by Gasteiger charge is 2.09. The van der Waals surface area contributed by atoms with Gasteiger partial charge in [-0.3, -0.25) is 4.79 Å².